The molecule has 7 aromatic rings. The molecule has 0 unspecified atom stereocenters. The summed E-state index contributed by atoms with van der Waals surface area (Å²) in [4.78, 5) is 28.0. The van der Waals surface area contributed by atoms with Crippen molar-refractivity contribution in [2.45, 2.75) is 51.0 Å². The number of anilines is 4. The Morgan fingerprint density at radius 2 is 0.873 bits per heavy atom. The van der Waals surface area contributed by atoms with Crippen molar-refractivity contribution in [2.75, 3.05) is 16.8 Å². The maximum absolute atomic E-state index is 11.7. The smallest absolute Gasteiger partial charge is 0.335 e. The molecule has 314 valence electrons. The fraction of sp³-hybridized carbons (Fsp3) is 0.158. The van der Waals surface area contributed by atoms with Crippen LogP contribution >= 0.6 is 0 Å². The van der Waals surface area contributed by atoms with Crippen LogP contribution in [0.5, 0.6) is 11.5 Å². The lowest BCUT2D eigenvalue weighted by Crippen LogP contribution is -2.30. The molecule has 1 saturated carbocycles. The van der Waals surface area contributed by atoms with Crippen LogP contribution in [0.3, 0.4) is 0 Å². The molecule has 1 aliphatic rings. The van der Waals surface area contributed by atoms with E-state index in [1.807, 2.05) is 24.3 Å². The van der Waals surface area contributed by atoms with Crippen LogP contribution in [0.1, 0.15) is 54.4 Å². The van der Waals surface area contributed by atoms with Crippen LogP contribution in [0.25, 0.3) is 22.3 Å². The van der Waals surface area contributed by atoms with Crippen molar-refractivity contribution in [3.63, 3.8) is 0 Å². The minimum atomic E-state index is -0.487. The number of rotatable bonds is 14. The van der Waals surface area contributed by atoms with Gasteiger partial charge in [0.05, 0.1) is 0 Å². The highest BCUT2D eigenvalue weighted by molar-refractivity contribution is 5.84. The Morgan fingerprint density at radius 3 is 1.27 bits per heavy atom. The zero-order valence-corrected chi connectivity index (χ0v) is 36.0. The average molecular weight is 829 g/mol. The van der Waals surface area contributed by atoms with Crippen LogP contribution < -0.4 is 19.3 Å². The summed E-state index contributed by atoms with van der Waals surface area (Å²) in [7, 11) is 2.17. The zero-order valence-electron chi connectivity index (χ0n) is 36.0. The Labute approximate surface area is 371 Å². The van der Waals surface area contributed by atoms with Gasteiger partial charge in [-0.25, -0.2) is 9.59 Å². The highest BCUT2D eigenvalue weighted by atomic mass is 16.5. The molecule has 6 heteroatoms. The second-order valence-electron chi connectivity index (χ2n) is 16.3. The standard InChI is InChI=1S/C57H52N2O4/c1-5-55(60)62-53-34-18-45(19-35-53)43-14-26-50(27-15-43)59(51-28-16-44(17-29-51)46-20-36-54(37-21-46)63-56(61)6-2)52-32-24-48(25-33-52)57(38-8-7-9-39-57)47-22-30-49(31-23-47)58(4)40-42-12-10-41(3)11-13-42/h5-6,10-37H,1-2,7-9,38-40H2,3-4H3. The third-order valence-electron chi connectivity index (χ3n) is 12.2. The maximum Gasteiger partial charge on any atom is 0.335 e. The Morgan fingerprint density at radius 1 is 0.508 bits per heavy atom. The molecule has 0 radical (unpaired) electrons. The quantitative estimate of drug-likeness (QED) is 0.0618. The van der Waals surface area contributed by atoms with E-state index in [0.29, 0.717) is 11.5 Å². The lowest BCUT2D eigenvalue weighted by molar-refractivity contribution is -0.129. The molecule has 0 atom stereocenters. The number of ether oxygens (including phenoxy) is 2. The topological polar surface area (TPSA) is 59.1 Å². The van der Waals surface area contributed by atoms with Crippen molar-refractivity contribution in [3.8, 4) is 33.8 Å². The van der Waals surface area contributed by atoms with E-state index in [1.165, 1.54) is 47.2 Å². The Bertz CT molecular complexity index is 2550. The minimum absolute atomic E-state index is 0.0575. The molecular weight excluding hydrogens is 777 g/mol. The van der Waals surface area contributed by atoms with E-state index in [9.17, 15) is 9.59 Å². The molecule has 0 aliphatic heterocycles. The lowest BCUT2D eigenvalue weighted by atomic mass is 9.65. The van der Waals surface area contributed by atoms with Crippen LogP contribution in [0.4, 0.5) is 22.7 Å². The van der Waals surface area contributed by atoms with Crippen molar-refractivity contribution in [1.82, 2.24) is 0 Å². The summed E-state index contributed by atoms with van der Waals surface area (Å²) in [5.41, 5.74) is 13.6. The third-order valence-corrected chi connectivity index (χ3v) is 12.2. The first-order chi connectivity index (χ1) is 30.7. The van der Waals surface area contributed by atoms with Gasteiger partial charge in [0.1, 0.15) is 11.5 Å². The first-order valence-electron chi connectivity index (χ1n) is 21.6. The molecular formula is C57H52N2O4. The molecule has 0 bridgehead atoms. The first-order valence-corrected chi connectivity index (χ1v) is 21.6. The Hall–Kier alpha value is -7.44. The number of hydrogen-bond acceptors (Lipinski definition) is 6. The molecule has 7 aromatic carbocycles. The predicted octanol–water partition coefficient (Wildman–Crippen LogP) is 13.9. The fourth-order valence-electron chi connectivity index (χ4n) is 8.72. The van der Waals surface area contributed by atoms with Crippen molar-refractivity contribution in [3.05, 3.63) is 217 Å². The van der Waals surface area contributed by atoms with Crippen molar-refractivity contribution in [2.24, 2.45) is 0 Å². The van der Waals surface area contributed by atoms with E-state index in [4.69, 9.17) is 9.47 Å². The molecule has 0 heterocycles. The summed E-state index contributed by atoms with van der Waals surface area (Å²) >= 11 is 0. The van der Waals surface area contributed by atoms with Crippen LogP contribution in [-0.4, -0.2) is 19.0 Å². The van der Waals surface area contributed by atoms with Gasteiger partial charge in [-0.1, -0.05) is 135 Å². The second kappa shape index (κ2) is 19.1. The molecule has 1 aliphatic carbocycles. The number of benzene rings is 7. The molecule has 0 saturated heterocycles. The van der Waals surface area contributed by atoms with Crippen LogP contribution in [0, 0.1) is 6.92 Å². The van der Waals surface area contributed by atoms with Crippen molar-refractivity contribution < 1.29 is 19.1 Å². The highest BCUT2D eigenvalue weighted by Crippen LogP contribution is 2.46. The maximum atomic E-state index is 11.7. The zero-order chi connectivity index (χ0) is 43.8. The van der Waals surface area contributed by atoms with Gasteiger partial charge in [0.25, 0.3) is 0 Å². The summed E-state index contributed by atoms with van der Waals surface area (Å²) in [6.45, 7) is 9.95. The SMILES string of the molecule is C=CC(=O)Oc1ccc(-c2ccc(N(c3ccc(-c4ccc(OC(=O)C=C)cc4)cc3)c3ccc(C4(c5ccc(N(C)Cc6ccc(C)cc6)cc5)CCCCC4)cc3)cc2)cc1. The average Bonchev–Trinajstić information content (AvgIpc) is 3.33. The van der Waals surface area contributed by atoms with Gasteiger partial charge in [-0.05, 0) is 132 Å². The normalized spacial score (nSPS) is 13.0. The lowest BCUT2D eigenvalue weighted by Gasteiger charge is -2.39. The summed E-state index contributed by atoms with van der Waals surface area (Å²) < 4.78 is 10.6. The largest absolute Gasteiger partial charge is 0.423 e. The Balaban J connectivity index is 1.09. The fourth-order valence-corrected chi connectivity index (χ4v) is 8.72. The third kappa shape index (κ3) is 9.71. The van der Waals surface area contributed by atoms with E-state index in [-0.39, 0.29) is 5.41 Å². The van der Waals surface area contributed by atoms with Crippen molar-refractivity contribution in [1.29, 1.82) is 0 Å². The number of carbonyl (C=O) groups excluding carboxylic acids is 2. The summed E-state index contributed by atoms with van der Waals surface area (Å²) in [5, 5.41) is 0. The number of hydrogen-bond donors (Lipinski definition) is 0. The summed E-state index contributed by atoms with van der Waals surface area (Å²) in [6, 6.07) is 59.3. The van der Waals surface area contributed by atoms with Gasteiger partial charge >= 0.3 is 11.9 Å². The molecule has 63 heavy (non-hydrogen) atoms. The van der Waals surface area contributed by atoms with Gasteiger partial charge in [0, 0.05) is 53.9 Å². The van der Waals surface area contributed by atoms with Crippen LogP contribution in [0.15, 0.2) is 195 Å². The predicted molar refractivity (Wildman–Crippen MR) is 257 cm³/mol. The number of carbonyl (C=O) groups is 2. The van der Waals surface area contributed by atoms with E-state index in [1.54, 1.807) is 24.3 Å². The van der Waals surface area contributed by atoms with Gasteiger partial charge in [-0.3, -0.25) is 0 Å². The molecule has 8 rings (SSSR count). The van der Waals surface area contributed by atoms with Gasteiger partial charge in [0.2, 0.25) is 0 Å². The summed E-state index contributed by atoms with van der Waals surface area (Å²) in [5.74, 6) is -0.0326. The number of nitrogens with zero attached hydrogens (tertiary/aromatic N) is 2. The van der Waals surface area contributed by atoms with E-state index < -0.39 is 11.9 Å². The minimum Gasteiger partial charge on any atom is -0.423 e. The van der Waals surface area contributed by atoms with Gasteiger partial charge in [-0.15, -0.1) is 0 Å². The van der Waals surface area contributed by atoms with Crippen LogP contribution in [0.2, 0.25) is 0 Å². The molecule has 0 amide bonds. The van der Waals surface area contributed by atoms with E-state index in [0.717, 1.165) is 70.9 Å². The molecule has 0 spiro atoms. The monoisotopic (exact) mass is 828 g/mol. The number of esters is 2. The second-order valence-corrected chi connectivity index (χ2v) is 16.3. The molecule has 0 N–H and O–H groups in total. The highest BCUT2D eigenvalue weighted by Gasteiger charge is 2.36. The molecule has 6 nitrogen and oxygen atoms in total. The Kier molecular flexibility index (Phi) is 12.8. The van der Waals surface area contributed by atoms with Crippen LogP contribution in [-0.2, 0) is 21.5 Å². The summed E-state index contributed by atoms with van der Waals surface area (Å²) in [6.07, 6.45) is 8.21. The van der Waals surface area contributed by atoms with Gasteiger partial charge in [0.15, 0.2) is 0 Å². The number of aryl methyl sites for hydroxylation is 1. The first kappa shape index (κ1) is 42.3. The van der Waals surface area contributed by atoms with Gasteiger partial charge < -0.3 is 19.3 Å². The molecule has 1 fully saturated rings. The van der Waals surface area contributed by atoms with E-state index in [2.05, 4.69) is 158 Å². The van der Waals surface area contributed by atoms with E-state index >= 15 is 0 Å². The van der Waals surface area contributed by atoms with Crippen molar-refractivity contribution >= 4 is 34.7 Å². The molecule has 0 aromatic heterocycles. The van der Waals surface area contributed by atoms with Gasteiger partial charge in [-0.2, -0.15) is 0 Å².